The van der Waals surface area contributed by atoms with Crippen LogP contribution in [0, 0.1) is 0 Å². The SMILES string of the molecule is OCC1CCCN1c1cc(N2CCC(Oc3ccccc3Cl)CC2)ncn1. The maximum absolute atomic E-state index is 9.57. The van der Waals surface area contributed by atoms with Crippen molar-refractivity contribution in [3.05, 3.63) is 41.7 Å². The van der Waals surface area contributed by atoms with E-state index in [0.29, 0.717) is 5.02 Å². The largest absolute Gasteiger partial charge is 0.489 e. The minimum absolute atomic E-state index is 0.166. The first-order valence-corrected chi connectivity index (χ1v) is 9.98. The van der Waals surface area contributed by atoms with Crippen LogP contribution in [0.4, 0.5) is 11.6 Å². The maximum atomic E-state index is 9.57. The van der Waals surface area contributed by atoms with Gasteiger partial charge in [0.25, 0.3) is 0 Å². The molecule has 1 N–H and O–H groups in total. The van der Waals surface area contributed by atoms with E-state index >= 15 is 0 Å². The molecule has 0 saturated carbocycles. The summed E-state index contributed by atoms with van der Waals surface area (Å²) in [6.07, 6.45) is 5.75. The molecule has 0 bridgehead atoms. The van der Waals surface area contributed by atoms with E-state index in [1.165, 1.54) is 0 Å². The summed E-state index contributed by atoms with van der Waals surface area (Å²) in [7, 11) is 0. The maximum Gasteiger partial charge on any atom is 0.138 e. The molecule has 0 aliphatic carbocycles. The van der Waals surface area contributed by atoms with Crippen LogP contribution in [0.25, 0.3) is 0 Å². The standard InChI is InChI=1S/C20H25ClN4O2/c21-17-5-1-2-6-18(17)27-16-7-10-24(11-8-16)19-12-20(23-14-22-19)25-9-3-4-15(25)13-26/h1-2,5-6,12,14-16,26H,3-4,7-11,13H2. The fourth-order valence-electron chi connectivity index (χ4n) is 3.92. The Morgan fingerprint density at radius 1 is 1.07 bits per heavy atom. The lowest BCUT2D eigenvalue weighted by Crippen LogP contribution is -2.39. The van der Waals surface area contributed by atoms with E-state index in [1.54, 1.807) is 6.33 Å². The van der Waals surface area contributed by atoms with Gasteiger partial charge in [0.2, 0.25) is 0 Å². The molecule has 1 aromatic heterocycles. The smallest absolute Gasteiger partial charge is 0.138 e. The molecule has 7 heteroatoms. The van der Waals surface area contributed by atoms with Gasteiger partial charge in [0.1, 0.15) is 29.8 Å². The molecule has 0 radical (unpaired) electrons. The van der Waals surface area contributed by atoms with Crippen LogP contribution < -0.4 is 14.5 Å². The Kier molecular flexibility index (Phi) is 5.64. The van der Waals surface area contributed by atoms with E-state index < -0.39 is 0 Å². The topological polar surface area (TPSA) is 61.7 Å². The van der Waals surface area contributed by atoms with Gasteiger partial charge in [-0.05, 0) is 25.0 Å². The highest BCUT2D eigenvalue weighted by Gasteiger charge is 2.27. The molecule has 2 aliphatic rings. The summed E-state index contributed by atoms with van der Waals surface area (Å²) in [6, 6.07) is 9.83. The Morgan fingerprint density at radius 3 is 2.63 bits per heavy atom. The van der Waals surface area contributed by atoms with Crippen LogP contribution in [0.2, 0.25) is 5.02 Å². The molecule has 4 rings (SSSR count). The van der Waals surface area contributed by atoms with Crippen molar-refractivity contribution < 1.29 is 9.84 Å². The number of halogens is 1. The predicted octanol–water partition coefficient (Wildman–Crippen LogP) is 3.14. The summed E-state index contributed by atoms with van der Waals surface area (Å²) in [6.45, 7) is 2.88. The van der Waals surface area contributed by atoms with Crippen LogP contribution in [-0.2, 0) is 0 Å². The second-order valence-electron chi connectivity index (χ2n) is 7.14. The number of aromatic nitrogens is 2. The number of ether oxygens (including phenoxy) is 1. The van der Waals surface area contributed by atoms with E-state index in [4.69, 9.17) is 16.3 Å². The molecule has 1 atom stereocenters. The molecule has 0 spiro atoms. The summed E-state index contributed by atoms with van der Waals surface area (Å²) < 4.78 is 6.08. The Labute approximate surface area is 164 Å². The quantitative estimate of drug-likeness (QED) is 0.849. The molecule has 2 saturated heterocycles. The van der Waals surface area contributed by atoms with Crippen LogP contribution in [0.1, 0.15) is 25.7 Å². The number of para-hydroxylation sites is 1. The zero-order valence-electron chi connectivity index (χ0n) is 15.3. The lowest BCUT2D eigenvalue weighted by molar-refractivity contribution is 0.171. The zero-order valence-corrected chi connectivity index (χ0v) is 16.1. The molecule has 2 aliphatic heterocycles. The second kappa shape index (κ2) is 8.31. The Morgan fingerprint density at radius 2 is 1.85 bits per heavy atom. The summed E-state index contributed by atoms with van der Waals surface area (Å²) in [5.41, 5.74) is 0. The molecule has 144 valence electrons. The number of benzene rings is 1. The van der Waals surface area contributed by atoms with Gasteiger partial charge in [-0.1, -0.05) is 23.7 Å². The van der Waals surface area contributed by atoms with E-state index in [2.05, 4.69) is 19.8 Å². The highest BCUT2D eigenvalue weighted by molar-refractivity contribution is 6.32. The van der Waals surface area contributed by atoms with Crippen molar-refractivity contribution in [1.82, 2.24) is 9.97 Å². The van der Waals surface area contributed by atoms with Gasteiger partial charge in [-0.15, -0.1) is 0 Å². The van der Waals surface area contributed by atoms with Crippen LogP contribution >= 0.6 is 11.6 Å². The Balaban J connectivity index is 1.38. The fourth-order valence-corrected chi connectivity index (χ4v) is 4.10. The summed E-state index contributed by atoms with van der Waals surface area (Å²) in [5, 5.41) is 10.2. The molecule has 0 amide bonds. The van der Waals surface area contributed by atoms with Crippen molar-refractivity contribution in [2.24, 2.45) is 0 Å². The van der Waals surface area contributed by atoms with Gasteiger partial charge < -0.3 is 19.6 Å². The summed E-state index contributed by atoms with van der Waals surface area (Å²) in [4.78, 5) is 13.4. The highest BCUT2D eigenvalue weighted by Crippen LogP contribution is 2.29. The fraction of sp³-hybridized carbons (Fsp3) is 0.500. The number of hydrogen-bond donors (Lipinski definition) is 1. The third-order valence-electron chi connectivity index (χ3n) is 5.42. The first kappa shape index (κ1) is 18.3. The van der Waals surface area contributed by atoms with E-state index in [1.807, 2.05) is 30.3 Å². The van der Waals surface area contributed by atoms with Crippen molar-refractivity contribution in [3.8, 4) is 5.75 Å². The van der Waals surface area contributed by atoms with E-state index in [9.17, 15) is 5.11 Å². The molecular formula is C20H25ClN4O2. The number of aliphatic hydroxyl groups is 1. The lowest BCUT2D eigenvalue weighted by atomic mass is 10.1. The summed E-state index contributed by atoms with van der Waals surface area (Å²) in [5.74, 6) is 2.61. The molecule has 6 nitrogen and oxygen atoms in total. The van der Waals surface area contributed by atoms with Crippen LogP contribution in [0.5, 0.6) is 5.75 Å². The number of nitrogens with zero attached hydrogens (tertiary/aromatic N) is 4. The third-order valence-corrected chi connectivity index (χ3v) is 5.73. The van der Waals surface area contributed by atoms with Crippen molar-refractivity contribution in [1.29, 1.82) is 0 Å². The van der Waals surface area contributed by atoms with E-state index in [-0.39, 0.29) is 18.8 Å². The Hall–Kier alpha value is -2.05. The summed E-state index contributed by atoms with van der Waals surface area (Å²) >= 11 is 6.20. The van der Waals surface area contributed by atoms with Crippen molar-refractivity contribution >= 4 is 23.2 Å². The first-order chi connectivity index (χ1) is 13.2. The van der Waals surface area contributed by atoms with Gasteiger partial charge in [-0.25, -0.2) is 9.97 Å². The number of anilines is 2. The van der Waals surface area contributed by atoms with Gasteiger partial charge in [0.15, 0.2) is 0 Å². The first-order valence-electron chi connectivity index (χ1n) is 9.60. The molecule has 1 aromatic carbocycles. The molecule has 3 heterocycles. The minimum atomic E-state index is 0.166. The molecule has 2 fully saturated rings. The van der Waals surface area contributed by atoms with Gasteiger partial charge in [-0.3, -0.25) is 0 Å². The molecular weight excluding hydrogens is 364 g/mol. The molecule has 1 unspecified atom stereocenters. The van der Waals surface area contributed by atoms with Crippen molar-refractivity contribution in [2.75, 3.05) is 36.0 Å². The average molecular weight is 389 g/mol. The van der Waals surface area contributed by atoms with Crippen LogP contribution in [0.3, 0.4) is 0 Å². The molecule has 2 aromatic rings. The van der Waals surface area contributed by atoms with E-state index in [0.717, 1.165) is 62.7 Å². The number of aliphatic hydroxyl groups excluding tert-OH is 1. The minimum Gasteiger partial charge on any atom is -0.489 e. The second-order valence-corrected chi connectivity index (χ2v) is 7.55. The highest BCUT2D eigenvalue weighted by atomic mass is 35.5. The van der Waals surface area contributed by atoms with Gasteiger partial charge in [0, 0.05) is 38.5 Å². The monoisotopic (exact) mass is 388 g/mol. The number of hydrogen-bond acceptors (Lipinski definition) is 6. The van der Waals surface area contributed by atoms with Crippen molar-refractivity contribution in [2.45, 2.75) is 37.8 Å². The van der Waals surface area contributed by atoms with Crippen molar-refractivity contribution in [3.63, 3.8) is 0 Å². The van der Waals surface area contributed by atoms with Gasteiger partial charge >= 0.3 is 0 Å². The number of rotatable bonds is 5. The van der Waals surface area contributed by atoms with Crippen LogP contribution in [-0.4, -0.2) is 53.5 Å². The third kappa shape index (κ3) is 4.12. The number of piperidine rings is 1. The zero-order chi connectivity index (χ0) is 18.6. The predicted molar refractivity (Wildman–Crippen MR) is 107 cm³/mol. The van der Waals surface area contributed by atoms with Crippen LogP contribution in [0.15, 0.2) is 36.7 Å². The average Bonchev–Trinajstić information content (AvgIpc) is 3.19. The van der Waals surface area contributed by atoms with Gasteiger partial charge in [0.05, 0.1) is 17.7 Å². The molecule has 27 heavy (non-hydrogen) atoms. The van der Waals surface area contributed by atoms with Gasteiger partial charge in [-0.2, -0.15) is 0 Å². The lowest BCUT2D eigenvalue weighted by Gasteiger charge is -2.33. The Bertz CT molecular complexity index is 767. The normalized spacial score (nSPS) is 20.9.